The van der Waals surface area contributed by atoms with Gasteiger partial charge < -0.3 is 15.2 Å². The molecule has 2 rings (SSSR count). The number of unbranched alkanes of at least 4 members (excludes halogenated alkanes) is 1. The quantitative estimate of drug-likeness (QED) is 0.765. The minimum absolute atomic E-state index is 0.0470. The highest BCUT2D eigenvalue weighted by Gasteiger charge is 2.13. The highest BCUT2D eigenvalue weighted by Crippen LogP contribution is 2.22. The molecule has 2 N–H and O–H groups in total. The van der Waals surface area contributed by atoms with Gasteiger partial charge in [-0.2, -0.15) is 0 Å². The van der Waals surface area contributed by atoms with Crippen molar-refractivity contribution in [2.24, 2.45) is 0 Å². The number of carboxylic acids is 1. The van der Waals surface area contributed by atoms with Crippen molar-refractivity contribution in [1.82, 2.24) is 9.97 Å². The predicted molar refractivity (Wildman–Crippen MR) is 84.4 cm³/mol. The highest BCUT2D eigenvalue weighted by atomic mass is 16.5. The smallest absolute Gasteiger partial charge is 0.341 e. The summed E-state index contributed by atoms with van der Waals surface area (Å²) in [7, 11) is 1.63. The molecule has 0 fully saturated rings. The summed E-state index contributed by atoms with van der Waals surface area (Å²) in [6.07, 6.45) is 3.42. The third kappa shape index (κ3) is 3.72. The number of benzene rings is 1. The van der Waals surface area contributed by atoms with E-state index in [1.54, 1.807) is 7.05 Å². The first-order valence-corrected chi connectivity index (χ1v) is 7.17. The maximum Gasteiger partial charge on any atom is 0.341 e. The first-order chi connectivity index (χ1) is 10.7. The van der Waals surface area contributed by atoms with Crippen molar-refractivity contribution in [2.45, 2.75) is 19.8 Å². The van der Waals surface area contributed by atoms with Crippen LogP contribution in [0.15, 0.2) is 30.5 Å². The second kappa shape index (κ2) is 7.40. The lowest BCUT2D eigenvalue weighted by molar-refractivity contribution is 0.0697. The molecule has 0 radical (unpaired) electrons. The molecule has 1 aromatic heterocycles. The fourth-order valence-corrected chi connectivity index (χ4v) is 1.90. The molecule has 22 heavy (non-hydrogen) atoms. The van der Waals surface area contributed by atoms with Gasteiger partial charge in [0.05, 0.1) is 6.61 Å². The van der Waals surface area contributed by atoms with Gasteiger partial charge in [-0.05, 0) is 30.7 Å². The molecule has 0 atom stereocenters. The number of rotatable bonds is 7. The van der Waals surface area contributed by atoms with Crippen molar-refractivity contribution < 1.29 is 14.6 Å². The van der Waals surface area contributed by atoms with Crippen LogP contribution in [0.4, 0.5) is 5.82 Å². The average molecular weight is 301 g/mol. The van der Waals surface area contributed by atoms with Crippen LogP contribution in [0.2, 0.25) is 0 Å². The maximum absolute atomic E-state index is 11.1. The van der Waals surface area contributed by atoms with Crippen molar-refractivity contribution in [2.75, 3.05) is 19.0 Å². The number of carboxylic acid groups (broad SMARTS) is 1. The van der Waals surface area contributed by atoms with Gasteiger partial charge >= 0.3 is 5.97 Å². The van der Waals surface area contributed by atoms with Gasteiger partial charge in [-0.1, -0.05) is 13.3 Å². The Balaban J connectivity index is 2.19. The second-order valence-corrected chi connectivity index (χ2v) is 4.74. The van der Waals surface area contributed by atoms with Crippen molar-refractivity contribution in [3.63, 3.8) is 0 Å². The SMILES string of the molecule is CCCCOc1ccc(-c2ncc(C(=O)O)c(NC)n2)cc1. The Labute approximate surface area is 129 Å². The van der Waals surface area contributed by atoms with E-state index in [1.165, 1.54) is 6.20 Å². The van der Waals surface area contributed by atoms with Crippen molar-refractivity contribution in [3.05, 3.63) is 36.0 Å². The van der Waals surface area contributed by atoms with Crippen LogP contribution in [-0.2, 0) is 0 Å². The first kappa shape index (κ1) is 15.8. The van der Waals surface area contributed by atoms with Gasteiger partial charge in [-0.25, -0.2) is 14.8 Å². The molecule has 0 saturated carbocycles. The predicted octanol–water partition coefficient (Wildman–Crippen LogP) is 3.06. The van der Waals surface area contributed by atoms with Crippen LogP contribution in [-0.4, -0.2) is 34.7 Å². The third-order valence-corrected chi connectivity index (χ3v) is 3.14. The summed E-state index contributed by atoms with van der Waals surface area (Å²) in [6, 6.07) is 7.43. The largest absolute Gasteiger partial charge is 0.494 e. The lowest BCUT2D eigenvalue weighted by Crippen LogP contribution is -2.07. The van der Waals surface area contributed by atoms with Crippen molar-refractivity contribution >= 4 is 11.8 Å². The van der Waals surface area contributed by atoms with Gasteiger partial charge in [0.15, 0.2) is 5.82 Å². The summed E-state index contributed by atoms with van der Waals surface area (Å²) in [5, 5.41) is 11.8. The fourth-order valence-electron chi connectivity index (χ4n) is 1.90. The molecule has 0 aliphatic heterocycles. The molecule has 1 heterocycles. The minimum Gasteiger partial charge on any atom is -0.494 e. The number of aromatic carboxylic acids is 1. The minimum atomic E-state index is -1.06. The van der Waals surface area contributed by atoms with Crippen molar-refractivity contribution in [1.29, 1.82) is 0 Å². The van der Waals surface area contributed by atoms with E-state index in [0.717, 1.165) is 24.2 Å². The molecular formula is C16H19N3O3. The van der Waals surface area contributed by atoms with Crippen LogP contribution in [0.25, 0.3) is 11.4 Å². The molecular weight excluding hydrogens is 282 g/mol. The number of hydrogen-bond donors (Lipinski definition) is 2. The Morgan fingerprint density at radius 1 is 1.32 bits per heavy atom. The number of anilines is 1. The van der Waals surface area contributed by atoms with Gasteiger partial charge in [0.25, 0.3) is 0 Å². The average Bonchev–Trinajstić information content (AvgIpc) is 2.55. The molecule has 2 aromatic rings. The third-order valence-electron chi connectivity index (χ3n) is 3.14. The van der Waals surface area contributed by atoms with Crippen LogP contribution in [0.3, 0.4) is 0 Å². The molecule has 0 amide bonds. The number of carbonyl (C=O) groups is 1. The Kier molecular flexibility index (Phi) is 5.30. The molecule has 0 aliphatic rings. The summed E-state index contributed by atoms with van der Waals surface area (Å²) in [5.41, 5.74) is 0.849. The maximum atomic E-state index is 11.1. The van der Waals surface area contributed by atoms with E-state index in [-0.39, 0.29) is 5.56 Å². The zero-order valence-corrected chi connectivity index (χ0v) is 12.7. The Bertz CT molecular complexity index is 642. The number of aromatic nitrogens is 2. The first-order valence-electron chi connectivity index (χ1n) is 7.17. The zero-order valence-electron chi connectivity index (χ0n) is 12.7. The summed E-state index contributed by atoms with van der Waals surface area (Å²) >= 11 is 0. The molecule has 0 spiro atoms. The Hall–Kier alpha value is -2.63. The molecule has 116 valence electrons. The van der Waals surface area contributed by atoms with Gasteiger partial charge in [0.1, 0.15) is 17.1 Å². The normalized spacial score (nSPS) is 10.3. The van der Waals surface area contributed by atoms with E-state index in [9.17, 15) is 4.79 Å². The summed E-state index contributed by atoms with van der Waals surface area (Å²) in [6.45, 7) is 2.81. The van der Waals surface area contributed by atoms with Gasteiger partial charge in [-0.3, -0.25) is 0 Å². The molecule has 0 bridgehead atoms. The second-order valence-electron chi connectivity index (χ2n) is 4.74. The summed E-state index contributed by atoms with van der Waals surface area (Å²) in [4.78, 5) is 19.4. The summed E-state index contributed by atoms with van der Waals surface area (Å²) < 4.78 is 5.60. The lowest BCUT2D eigenvalue weighted by atomic mass is 10.2. The van der Waals surface area contributed by atoms with Crippen LogP contribution in [0.1, 0.15) is 30.1 Å². The number of hydrogen-bond acceptors (Lipinski definition) is 5. The monoisotopic (exact) mass is 301 g/mol. The van der Waals surface area contributed by atoms with E-state index in [1.807, 2.05) is 24.3 Å². The van der Waals surface area contributed by atoms with Crippen LogP contribution >= 0.6 is 0 Å². The van der Waals surface area contributed by atoms with Crippen LogP contribution in [0, 0.1) is 0 Å². The van der Waals surface area contributed by atoms with Gasteiger partial charge in [0.2, 0.25) is 0 Å². The lowest BCUT2D eigenvalue weighted by Gasteiger charge is -2.08. The van der Waals surface area contributed by atoms with Crippen LogP contribution < -0.4 is 10.1 Å². The van der Waals surface area contributed by atoms with E-state index in [2.05, 4.69) is 22.2 Å². The van der Waals surface area contributed by atoms with Crippen LogP contribution in [0.5, 0.6) is 5.75 Å². The highest BCUT2D eigenvalue weighted by molar-refractivity contribution is 5.93. The number of nitrogens with one attached hydrogen (secondary N) is 1. The molecule has 0 saturated heterocycles. The van der Waals surface area contributed by atoms with Gasteiger partial charge in [-0.15, -0.1) is 0 Å². The zero-order chi connectivity index (χ0) is 15.9. The fraction of sp³-hybridized carbons (Fsp3) is 0.312. The van der Waals surface area contributed by atoms with E-state index in [4.69, 9.17) is 9.84 Å². The standard InChI is InChI=1S/C16H19N3O3/c1-3-4-9-22-12-7-5-11(6-8-12)14-18-10-13(16(20)21)15(17-2)19-14/h5-8,10H,3-4,9H2,1-2H3,(H,20,21)(H,17,18,19). The Morgan fingerprint density at radius 2 is 2.05 bits per heavy atom. The summed E-state index contributed by atoms with van der Waals surface area (Å²) in [5.74, 6) is 0.499. The molecule has 0 aliphatic carbocycles. The molecule has 1 aromatic carbocycles. The van der Waals surface area contributed by atoms with E-state index < -0.39 is 5.97 Å². The molecule has 6 heteroatoms. The molecule has 0 unspecified atom stereocenters. The van der Waals surface area contributed by atoms with E-state index >= 15 is 0 Å². The molecule has 6 nitrogen and oxygen atoms in total. The number of ether oxygens (including phenoxy) is 1. The van der Waals surface area contributed by atoms with Gasteiger partial charge in [0, 0.05) is 18.8 Å². The van der Waals surface area contributed by atoms with Crippen molar-refractivity contribution in [3.8, 4) is 17.1 Å². The topological polar surface area (TPSA) is 84.3 Å². The van der Waals surface area contributed by atoms with E-state index in [0.29, 0.717) is 18.2 Å². The number of nitrogens with zero attached hydrogens (tertiary/aromatic N) is 2. The Morgan fingerprint density at radius 3 is 2.64 bits per heavy atom.